The van der Waals surface area contributed by atoms with Gasteiger partial charge in [-0.25, -0.2) is 9.78 Å². The Balaban J connectivity index is 1.45. The number of fused-ring (bicyclic) bond motifs is 1. The van der Waals surface area contributed by atoms with E-state index in [1.54, 1.807) is 15.6 Å². The van der Waals surface area contributed by atoms with E-state index in [2.05, 4.69) is 21.2 Å². The molecule has 1 aliphatic rings. The molecule has 0 aromatic carbocycles. The molecule has 0 unspecified atom stereocenters. The molecule has 9 heteroatoms. The summed E-state index contributed by atoms with van der Waals surface area (Å²) in [6, 6.07) is 5.76. The molecule has 0 aliphatic carbocycles. The minimum atomic E-state index is -0.503. The van der Waals surface area contributed by atoms with E-state index in [0.29, 0.717) is 36.0 Å². The third-order valence-electron chi connectivity index (χ3n) is 4.84. The fourth-order valence-electron chi connectivity index (χ4n) is 3.37. The number of piperidine rings is 1. The van der Waals surface area contributed by atoms with Crippen LogP contribution in [0.4, 0.5) is 4.79 Å². The first kappa shape index (κ1) is 18.9. The average molecular weight is 394 g/mol. The van der Waals surface area contributed by atoms with E-state index in [4.69, 9.17) is 9.26 Å². The molecule has 150 valence electrons. The fourth-order valence-corrected chi connectivity index (χ4v) is 3.37. The van der Waals surface area contributed by atoms with Gasteiger partial charge in [-0.15, -0.1) is 0 Å². The van der Waals surface area contributed by atoms with Crippen LogP contribution in [0.15, 0.2) is 29.2 Å². The van der Waals surface area contributed by atoms with Gasteiger partial charge in [0.25, 0.3) is 0 Å². The zero-order valence-corrected chi connectivity index (χ0v) is 16.6. The van der Waals surface area contributed by atoms with Crippen LogP contribution in [-0.4, -0.2) is 49.2 Å². The highest BCUT2D eigenvalue weighted by Gasteiger charge is 2.30. The first-order chi connectivity index (χ1) is 13.8. The molecule has 9 nitrogen and oxygen atoms in total. The topological polar surface area (TPSA) is 110 Å². The van der Waals surface area contributed by atoms with Crippen molar-refractivity contribution < 1.29 is 14.1 Å². The summed E-state index contributed by atoms with van der Waals surface area (Å²) in [5, 5.41) is 13.3. The molecule has 4 rings (SSSR count). The Kier molecular flexibility index (Phi) is 4.70. The minimum absolute atomic E-state index is 0.100. The first-order valence-electron chi connectivity index (χ1n) is 9.53. The van der Waals surface area contributed by atoms with Gasteiger partial charge in [0, 0.05) is 30.8 Å². The molecule has 0 bridgehead atoms. The molecule has 1 amide bonds. The highest BCUT2D eigenvalue weighted by molar-refractivity contribution is 5.68. The standard InChI is InChI=1S/C20H22N6O3/c1-20(2,3)28-19(27)25-7-4-13(5-8-25)18-23-17(24-29-18)14-6-9-26-12-22-15(11-21)16(26)10-14/h6,9-10,12-13H,4-5,7-8H2,1-3H3. The van der Waals surface area contributed by atoms with Crippen LogP contribution in [0.25, 0.3) is 16.9 Å². The van der Waals surface area contributed by atoms with Crippen LogP contribution in [-0.2, 0) is 4.74 Å². The summed E-state index contributed by atoms with van der Waals surface area (Å²) in [4.78, 5) is 22.5. The maximum atomic E-state index is 12.2. The Labute approximate surface area is 167 Å². The highest BCUT2D eigenvalue weighted by atomic mass is 16.6. The van der Waals surface area contributed by atoms with E-state index in [9.17, 15) is 10.1 Å². The van der Waals surface area contributed by atoms with Crippen molar-refractivity contribution in [3.05, 3.63) is 36.2 Å². The molecule has 1 aliphatic heterocycles. The SMILES string of the molecule is CC(C)(C)OC(=O)N1CCC(c2nc(-c3ccn4cnc(C#N)c4c3)no2)CC1. The van der Waals surface area contributed by atoms with Gasteiger partial charge in [-0.2, -0.15) is 10.2 Å². The van der Waals surface area contributed by atoms with Crippen molar-refractivity contribution >= 4 is 11.6 Å². The van der Waals surface area contributed by atoms with Gasteiger partial charge in [-0.1, -0.05) is 5.16 Å². The number of carbonyl (C=O) groups excluding carboxylic acids is 1. The van der Waals surface area contributed by atoms with E-state index >= 15 is 0 Å². The number of nitriles is 1. The van der Waals surface area contributed by atoms with E-state index in [1.807, 2.05) is 39.1 Å². The maximum absolute atomic E-state index is 12.2. The van der Waals surface area contributed by atoms with Gasteiger partial charge in [0.15, 0.2) is 5.69 Å². The largest absolute Gasteiger partial charge is 0.444 e. The number of rotatable bonds is 2. The van der Waals surface area contributed by atoms with Crippen LogP contribution in [0.5, 0.6) is 0 Å². The zero-order valence-electron chi connectivity index (χ0n) is 16.6. The smallest absolute Gasteiger partial charge is 0.410 e. The monoisotopic (exact) mass is 394 g/mol. The molecular weight excluding hydrogens is 372 g/mol. The number of amides is 1. The van der Waals surface area contributed by atoms with Crippen LogP contribution in [0.2, 0.25) is 0 Å². The lowest BCUT2D eigenvalue weighted by Gasteiger charge is -2.32. The lowest BCUT2D eigenvalue weighted by atomic mass is 9.97. The second kappa shape index (κ2) is 7.20. The minimum Gasteiger partial charge on any atom is -0.444 e. The van der Waals surface area contributed by atoms with Crippen LogP contribution < -0.4 is 0 Å². The van der Waals surface area contributed by atoms with E-state index in [1.165, 1.54) is 0 Å². The quantitative estimate of drug-likeness (QED) is 0.655. The Bertz CT molecular complexity index is 1080. The van der Waals surface area contributed by atoms with Crippen LogP contribution >= 0.6 is 0 Å². The Morgan fingerprint density at radius 3 is 2.79 bits per heavy atom. The second-order valence-corrected chi connectivity index (χ2v) is 8.11. The Morgan fingerprint density at radius 2 is 2.10 bits per heavy atom. The molecule has 0 atom stereocenters. The summed E-state index contributed by atoms with van der Waals surface area (Å²) in [6.07, 6.45) is 4.60. The van der Waals surface area contributed by atoms with Gasteiger partial charge in [0.05, 0.1) is 5.52 Å². The summed E-state index contributed by atoms with van der Waals surface area (Å²) < 4.78 is 12.7. The fraction of sp³-hybridized carbons (Fsp3) is 0.450. The molecule has 0 saturated carbocycles. The number of imidazole rings is 1. The van der Waals surface area contributed by atoms with Gasteiger partial charge in [-0.05, 0) is 45.7 Å². The Morgan fingerprint density at radius 1 is 1.34 bits per heavy atom. The number of carbonyl (C=O) groups is 1. The maximum Gasteiger partial charge on any atom is 0.410 e. The van der Waals surface area contributed by atoms with Gasteiger partial charge in [-0.3, -0.25) is 0 Å². The number of hydrogen-bond donors (Lipinski definition) is 0. The van der Waals surface area contributed by atoms with E-state index in [0.717, 1.165) is 18.4 Å². The first-order valence-corrected chi connectivity index (χ1v) is 9.53. The van der Waals surface area contributed by atoms with E-state index < -0.39 is 5.60 Å². The highest BCUT2D eigenvalue weighted by Crippen LogP contribution is 2.29. The second-order valence-electron chi connectivity index (χ2n) is 8.11. The number of hydrogen-bond acceptors (Lipinski definition) is 7. The van der Waals surface area contributed by atoms with Crippen molar-refractivity contribution in [1.82, 2.24) is 24.4 Å². The normalized spacial score (nSPS) is 15.4. The third-order valence-corrected chi connectivity index (χ3v) is 4.84. The third kappa shape index (κ3) is 3.92. The summed E-state index contributed by atoms with van der Waals surface area (Å²) in [5.41, 5.74) is 1.31. The van der Waals surface area contributed by atoms with E-state index in [-0.39, 0.29) is 12.0 Å². The number of pyridine rings is 1. The summed E-state index contributed by atoms with van der Waals surface area (Å²) >= 11 is 0. The Hall–Kier alpha value is -3.41. The van der Waals surface area contributed by atoms with Gasteiger partial charge >= 0.3 is 6.09 Å². The summed E-state index contributed by atoms with van der Waals surface area (Å²) in [7, 11) is 0. The molecule has 1 saturated heterocycles. The predicted molar refractivity (Wildman–Crippen MR) is 103 cm³/mol. The lowest BCUT2D eigenvalue weighted by Crippen LogP contribution is -2.41. The molecular formula is C20H22N6O3. The number of aromatic nitrogens is 4. The van der Waals surface area contributed by atoms with Crippen LogP contribution in [0.1, 0.15) is 51.1 Å². The van der Waals surface area contributed by atoms with Crippen molar-refractivity contribution in [1.29, 1.82) is 5.26 Å². The molecule has 3 aromatic rings. The molecule has 0 spiro atoms. The van der Waals surface area contributed by atoms with Crippen molar-refractivity contribution in [3.63, 3.8) is 0 Å². The van der Waals surface area contributed by atoms with Crippen LogP contribution in [0, 0.1) is 11.3 Å². The van der Waals surface area contributed by atoms with Gasteiger partial charge in [0.1, 0.15) is 18.0 Å². The van der Waals surface area contributed by atoms with Crippen molar-refractivity contribution in [3.8, 4) is 17.5 Å². The number of ether oxygens (including phenoxy) is 1. The van der Waals surface area contributed by atoms with Gasteiger partial charge in [0.2, 0.25) is 11.7 Å². The van der Waals surface area contributed by atoms with Crippen molar-refractivity contribution in [2.75, 3.05) is 13.1 Å². The summed E-state index contributed by atoms with van der Waals surface area (Å²) in [6.45, 7) is 6.75. The lowest BCUT2D eigenvalue weighted by molar-refractivity contribution is 0.0198. The zero-order chi connectivity index (χ0) is 20.6. The average Bonchev–Trinajstić information content (AvgIpc) is 3.33. The number of likely N-dealkylation sites (tertiary alicyclic amines) is 1. The molecule has 0 N–H and O–H groups in total. The van der Waals surface area contributed by atoms with Crippen molar-refractivity contribution in [2.45, 2.75) is 45.1 Å². The van der Waals surface area contributed by atoms with Crippen LogP contribution in [0.3, 0.4) is 0 Å². The summed E-state index contributed by atoms with van der Waals surface area (Å²) in [5.74, 6) is 1.14. The molecule has 1 fully saturated rings. The predicted octanol–water partition coefficient (Wildman–Crippen LogP) is 3.37. The molecule has 3 aromatic heterocycles. The molecule has 4 heterocycles. The molecule has 29 heavy (non-hydrogen) atoms. The van der Waals surface area contributed by atoms with Crippen molar-refractivity contribution in [2.24, 2.45) is 0 Å². The van der Waals surface area contributed by atoms with Gasteiger partial charge < -0.3 is 18.6 Å². The number of nitrogens with zero attached hydrogens (tertiary/aromatic N) is 6. The molecule has 0 radical (unpaired) electrons.